The number of fused-ring (bicyclic) bond motifs is 1. The molecule has 1 saturated carbocycles. The fourth-order valence-corrected chi connectivity index (χ4v) is 4.71. The highest BCUT2D eigenvalue weighted by Gasteiger charge is 2.40. The van der Waals surface area contributed by atoms with Crippen LogP contribution in [0.25, 0.3) is 0 Å². The van der Waals surface area contributed by atoms with E-state index in [9.17, 15) is 0 Å². The molecule has 4 rings (SSSR count). The van der Waals surface area contributed by atoms with E-state index in [-0.39, 0.29) is 11.6 Å². The third kappa shape index (κ3) is 2.66. The summed E-state index contributed by atoms with van der Waals surface area (Å²) in [6, 6.07) is 0.254. The smallest absolute Gasteiger partial charge is 0.0762 e. The van der Waals surface area contributed by atoms with Crippen molar-refractivity contribution in [2.75, 3.05) is 0 Å². The molecule has 1 saturated heterocycles. The zero-order valence-corrected chi connectivity index (χ0v) is 13.0. The SMILES string of the molecule is NC1CCCc2cn(CC3CCC4(CCCCC4)O3)cc21. The lowest BCUT2D eigenvalue weighted by Crippen LogP contribution is -2.32. The molecule has 0 radical (unpaired) electrons. The third-order valence-corrected chi connectivity index (χ3v) is 5.88. The van der Waals surface area contributed by atoms with Crippen LogP contribution in [0, 0.1) is 0 Å². The molecule has 2 unspecified atom stereocenters. The molecule has 2 heterocycles. The highest BCUT2D eigenvalue weighted by molar-refractivity contribution is 5.30. The average Bonchev–Trinajstić information content (AvgIpc) is 3.06. The molecule has 1 spiro atoms. The van der Waals surface area contributed by atoms with Crippen molar-refractivity contribution in [1.82, 2.24) is 4.57 Å². The van der Waals surface area contributed by atoms with E-state index in [1.807, 2.05) is 0 Å². The quantitative estimate of drug-likeness (QED) is 0.901. The maximum Gasteiger partial charge on any atom is 0.0762 e. The molecule has 2 atom stereocenters. The minimum atomic E-state index is 0.242. The van der Waals surface area contributed by atoms with Gasteiger partial charge < -0.3 is 15.0 Å². The summed E-state index contributed by atoms with van der Waals surface area (Å²) in [4.78, 5) is 0. The minimum absolute atomic E-state index is 0.242. The van der Waals surface area contributed by atoms with Crippen molar-refractivity contribution in [2.45, 2.75) is 88.5 Å². The largest absolute Gasteiger partial charge is 0.370 e. The van der Waals surface area contributed by atoms with Crippen LogP contribution in [0.15, 0.2) is 12.4 Å². The van der Waals surface area contributed by atoms with Crippen LogP contribution in [0.4, 0.5) is 0 Å². The highest BCUT2D eigenvalue weighted by atomic mass is 16.5. The Labute approximate surface area is 127 Å². The van der Waals surface area contributed by atoms with Gasteiger partial charge in [0.2, 0.25) is 0 Å². The highest BCUT2D eigenvalue weighted by Crippen LogP contribution is 2.42. The Balaban J connectivity index is 1.43. The third-order valence-electron chi connectivity index (χ3n) is 5.88. The van der Waals surface area contributed by atoms with E-state index in [2.05, 4.69) is 17.0 Å². The van der Waals surface area contributed by atoms with Gasteiger partial charge in [0.05, 0.1) is 11.7 Å². The topological polar surface area (TPSA) is 40.2 Å². The molecule has 2 aliphatic carbocycles. The minimum Gasteiger partial charge on any atom is -0.370 e. The Bertz CT molecular complexity index is 501. The summed E-state index contributed by atoms with van der Waals surface area (Å²) in [6.45, 7) is 1.02. The Morgan fingerprint density at radius 1 is 1.10 bits per heavy atom. The lowest BCUT2D eigenvalue weighted by atomic mass is 9.83. The van der Waals surface area contributed by atoms with E-state index in [1.54, 1.807) is 0 Å². The summed E-state index contributed by atoms with van der Waals surface area (Å²) in [5.41, 5.74) is 9.33. The van der Waals surface area contributed by atoms with Crippen LogP contribution in [-0.4, -0.2) is 16.3 Å². The number of aromatic nitrogens is 1. The van der Waals surface area contributed by atoms with Gasteiger partial charge in [-0.2, -0.15) is 0 Å². The molecule has 1 aromatic rings. The van der Waals surface area contributed by atoms with Gasteiger partial charge in [-0.1, -0.05) is 19.3 Å². The van der Waals surface area contributed by atoms with Gasteiger partial charge in [0.15, 0.2) is 0 Å². The predicted molar refractivity (Wildman–Crippen MR) is 84.2 cm³/mol. The fraction of sp³-hybridized carbons (Fsp3) is 0.778. The molecule has 1 aliphatic heterocycles. The van der Waals surface area contributed by atoms with E-state index in [1.165, 1.54) is 68.9 Å². The first-order chi connectivity index (χ1) is 10.2. The Hall–Kier alpha value is -0.800. The number of hydrogen-bond acceptors (Lipinski definition) is 2. The van der Waals surface area contributed by atoms with Crippen LogP contribution in [0.5, 0.6) is 0 Å². The lowest BCUT2D eigenvalue weighted by molar-refractivity contribution is -0.0679. The van der Waals surface area contributed by atoms with Crippen molar-refractivity contribution >= 4 is 0 Å². The Morgan fingerprint density at radius 3 is 2.76 bits per heavy atom. The molecule has 0 bridgehead atoms. The summed E-state index contributed by atoms with van der Waals surface area (Å²) < 4.78 is 8.85. The Morgan fingerprint density at radius 2 is 1.95 bits per heavy atom. The number of nitrogens with zero attached hydrogens (tertiary/aromatic N) is 1. The standard InChI is InChI=1S/C18H28N2O/c19-17-6-4-5-14-11-20(13-16(14)17)12-15-7-10-18(21-15)8-2-1-3-9-18/h11,13,15,17H,1-10,12,19H2. The molecule has 2 fully saturated rings. The van der Waals surface area contributed by atoms with Gasteiger partial charge in [0.1, 0.15) is 0 Å². The predicted octanol–water partition coefficient (Wildman–Crippen LogP) is 3.71. The molecule has 0 aromatic carbocycles. The molecule has 21 heavy (non-hydrogen) atoms. The van der Waals surface area contributed by atoms with E-state index in [0.717, 1.165) is 13.0 Å². The molecule has 3 nitrogen and oxygen atoms in total. The van der Waals surface area contributed by atoms with Crippen molar-refractivity contribution in [1.29, 1.82) is 0 Å². The molecule has 0 amide bonds. The first-order valence-corrected chi connectivity index (χ1v) is 8.86. The van der Waals surface area contributed by atoms with Crippen LogP contribution in [0.2, 0.25) is 0 Å². The summed E-state index contributed by atoms with van der Waals surface area (Å²) in [6.07, 6.45) is 17.8. The van der Waals surface area contributed by atoms with Crippen LogP contribution in [-0.2, 0) is 17.7 Å². The van der Waals surface area contributed by atoms with Gasteiger partial charge in [-0.3, -0.25) is 0 Å². The maximum atomic E-state index is 6.50. The molecular weight excluding hydrogens is 260 g/mol. The zero-order valence-electron chi connectivity index (χ0n) is 13.0. The van der Waals surface area contributed by atoms with E-state index < -0.39 is 0 Å². The number of hydrogen-bond donors (Lipinski definition) is 1. The van der Waals surface area contributed by atoms with Gasteiger partial charge in [0.25, 0.3) is 0 Å². The molecule has 3 heteroatoms. The summed E-state index contributed by atoms with van der Waals surface area (Å²) in [5.74, 6) is 0. The van der Waals surface area contributed by atoms with Gasteiger partial charge in [-0.15, -0.1) is 0 Å². The molecule has 1 aromatic heterocycles. The van der Waals surface area contributed by atoms with E-state index in [4.69, 9.17) is 10.5 Å². The van der Waals surface area contributed by atoms with Crippen LogP contribution in [0.3, 0.4) is 0 Å². The number of ether oxygens (including phenoxy) is 1. The van der Waals surface area contributed by atoms with Gasteiger partial charge >= 0.3 is 0 Å². The number of nitrogens with two attached hydrogens (primary N) is 1. The maximum absolute atomic E-state index is 6.50. The first-order valence-electron chi connectivity index (χ1n) is 8.86. The molecule has 2 N–H and O–H groups in total. The van der Waals surface area contributed by atoms with Crippen molar-refractivity contribution < 1.29 is 4.74 Å². The van der Waals surface area contributed by atoms with Gasteiger partial charge in [-0.25, -0.2) is 0 Å². The molecule has 116 valence electrons. The van der Waals surface area contributed by atoms with Crippen molar-refractivity contribution in [2.24, 2.45) is 5.73 Å². The van der Waals surface area contributed by atoms with Gasteiger partial charge in [-0.05, 0) is 56.1 Å². The van der Waals surface area contributed by atoms with E-state index in [0.29, 0.717) is 6.10 Å². The second-order valence-corrected chi connectivity index (χ2v) is 7.46. The summed E-state index contributed by atoms with van der Waals surface area (Å²) in [7, 11) is 0. The van der Waals surface area contributed by atoms with Crippen LogP contribution < -0.4 is 5.73 Å². The van der Waals surface area contributed by atoms with Crippen molar-refractivity contribution in [3.8, 4) is 0 Å². The van der Waals surface area contributed by atoms with Crippen LogP contribution >= 0.6 is 0 Å². The summed E-state index contributed by atoms with van der Waals surface area (Å²) in [5, 5.41) is 0. The normalized spacial score (nSPS) is 31.5. The fourth-order valence-electron chi connectivity index (χ4n) is 4.71. The monoisotopic (exact) mass is 288 g/mol. The summed E-state index contributed by atoms with van der Waals surface area (Å²) >= 11 is 0. The zero-order chi connectivity index (χ0) is 14.3. The first kappa shape index (κ1) is 13.8. The average molecular weight is 288 g/mol. The van der Waals surface area contributed by atoms with Crippen molar-refractivity contribution in [3.05, 3.63) is 23.5 Å². The lowest BCUT2D eigenvalue weighted by Gasteiger charge is -2.33. The number of aryl methyl sites for hydroxylation is 1. The number of rotatable bonds is 2. The molecular formula is C18H28N2O. The van der Waals surface area contributed by atoms with E-state index >= 15 is 0 Å². The van der Waals surface area contributed by atoms with Crippen molar-refractivity contribution in [3.63, 3.8) is 0 Å². The second kappa shape index (κ2) is 5.44. The Kier molecular flexibility index (Phi) is 3.58. The second-order valence-electron chi connectivity index (χ2n) is 7.46. The van der Waals surface area contributed by atoms with Gasteiger partial charge in [0, 0.05) is 25.0 Å². The van der Waals surface area contributed by atoms with Crippen LogP contribution in [0.1, 0.15) is 75.0 Å². The molecule has 3 aliphatic rings.